The molecule has 0 bridgehead atoms. The minimum absolute atomic E-state index is 0.128. The van der Waals surface area contributed by atoms with Crippen molar-refractivity contribution in [2.45, 2.75) is 65.3 Å². The lowest BCUT2D eigenvalue weighted by atomic mass is 9.63. The summed E-state index contributed by atoms with van der Waals surface area (Å²) < 4.78 is 0. The van der Waals surface area contributed by atoms with Gasteiger partial charge in [-0.3, -0.25) is 0 Å². The maximum atomic E-state index is 6.94. The van der Waals surface area contributed by atoms with Crippen molar-refractivity contribution in [1.29, 1.82) is 0 Å². The van der Waals surface area contributed by atoms with E-state index in [-0.39, 0.29) is 5.54 Å². The van der Waals surface area contributed by atoms with Gasteiger partial charge in [-0.25, -0.2) is 0 Å². The average molecular weight is 273 g/mol. The van der Waals surface area contributed by atoms with Crippen molar-refractivity contribution in [1.82, 2.24) is 0 Å². The molecule has 0 aromatic heterocycles. The van der Waals surface area contributed by atoms with Crippen molar-refractivity contribution < 1.29 is 0 Å². The Balaban J connectivity index is 2.29. The molecule has 2 rings (SSSR count). The molecule has 0 aliphatic heterocycles. The van der Waals surface area contributed by atoms with E-state index in [4.69, 9.17) is 5.73 Å². The van der Waals surface area contributed by atoms with Crippen molar-refractivity contribution >= 4 is 0 Å². The summed E-state index contributed by atoms with van der Waals surface area (Å²) in [4.78, 5) is 0. The molecule has 1 saturated carbocycles. The van der Waals surface area contributed by atoms with Crippen LogP contribution in [0, 0.1) is 17.8 Å². The number of aryl methyl sites for hydroxylation is 1. The van der Waals surface area contributed by atoms with Crippen molar-refractivity contribution in [3.05, 3.63) is 35.4 Å². The Labute approximate surface area is 125 Å². The maximum Gasteiger partial charge on any atom is 0.0443 e. The molecule has 20 heavy (non-hydrogen) atoms. The number of rotatable bonds is 4. The number of nitrogens with two attached hydrogens (primary N) is 1. The molecular formula is C19H31N. The van der Waals surface area contributed by atoms with E-state index in [1.165, 1.54) is 36.8 Å². The summed E-state index contributed by atoms with van der Waals surface area (Å²) in [5.74, 6) is 2.00. The fourth-order valence-electron chi connectivity index (χ4n) is 4.08. The fraction of sp³-hybridized carbons (Fsp3) is 0.684. The molecule has 1 nitrogen and oxygen atoms in total. The van der Waals surface area contributed by atoms with E-state index in [2.05, 4.69) is 52.0 Å². The van der Waals surface area contributed by atoms with Crippen LogP contribution < -0.4 is 5.73 Å². The Morgan fingerprint density at radius 3 is 2.40 bits per heavy atom. The average Bonchev–Trinajstić information content (AvgIpc) is 2.39. The van der Waals surface area contributed by atoms with Crippen molar-refractivity contribution in [3.63, 3.8) is 0 Å². The molecular weight excluding hydrogens is 242 g/mol. The lowest BCUT2D eigenvalue weighted by molar-refractivity contribution is 0.108. The summed E-state index contributed by atoms with van der Waals surface area (Å²) in [5.41, 5.74) is 9.60. The molecule has 1 aromatic rings. The van der Waals surface area contributed by atoms with Crippen LogP contribution in [0.2, 0.25) is 0 Å². The summed E-state index contributed by atoms with van der Waals surface area (Å²) in [5, 5.41) is 0. The van der Waals surface area contributed by atoms with Gasteiger partial charge in [-0.1, -0.05) is 64.8 Å². The van der Waals surface area contributed by atoms with E-state index in [9.17, 15) is 0 Å². The van der Waals surface area contributed by atoms with Gasteiger partial charge in [0.2, 0.25) is 0 Å². The molecule has 1 fully saturated rings. The number of hydrogen-bond donors (Lipinski definition) is 1. The molecule has 0 spiro atoms. The molecule has 0 amide bonds. The topological polar surface area (TPSA) is 26.0 Å². The van der Waals surface area contributed by atoms with E-state index < -0.39 is 0 Å². The monoisotopic (exact) mass is 273 g/mol. The van der Waals surface area contributed by atoms with E-state index in [1.807, 2.05) is 0 Å². The summed E-state index contributed by atoms with van der Waals surface area (Å²) >= 11 is 0. The highest BCUT2D eigenvalue weighted by Gasteiger charge is 2.42. The molecule has 3 atom stereocenters. The van der Waals surface area contributed by atoms with Gasteiger partial charge >= 0.3 is 0 Å². The smallest absolute Gasteiger partial charge is 0.0443 e. The van der Waals surface area contributed by atoms with Crippen LogP contribution in [0.5, 0.6) is 0 Å². The molecule has 1 heteroatoms. The zero-order chi connectivity index (χ0) is 14.8. The minimum atomic E-state index is -0.128. The number of hydrogen-bond acceptors (Lipinski definition) is 1. The Morgan fingerprint density at radius 2 is 1.85 bits per heavy atom. The van der Waals surface area contributed by atoms with Crippen molar-refractivity contribution in [2.75, 3.05) is 0 Å². The highest BCUT2D eigenvalue weighted by atomic mass is 14.8. The molecule has 2 N–H and O–H groups in total. The summed E-state index contributed by atoms with van der Waals surface area (Å²) in [6, 6.07) is 9.14. The van der Waals surface area contributed by atoms with Gasteiger partial charge in [0.1, 0.15) is 0 Å². The van der Waals surface area contributed by atoms with Crippen LogP contribution in [0.3, 0.4) is 0 Å². The first-order valence-corrected chi connectivity index (χ1v) is 8.35. The van der Waals surface area contributed by atoms with Gasteiger partial charge in [0.05, 0.1) is 0 Å². The third kappa shape index (κ3) is 3.09. The van der Waals surface area contributed by atoms with Gasteiger partial charge in [0.15, 0.2) is 0 Å². The first-order chi connectivity index (χ1) is 9.47. The molecule has 1 aliphatic rings. The minimum Gasteiger partial charge on any atom is -0.321 e. The van der Waals surface area contributed by atoms with Crippen LogP contribution >= 0.6 is 0 Å². The second kappa shape index (κ2) is 6.30. The molecule has 3 unspecified atom stereocenters. The Hall–Kier alpha value is -0.820. The lowest BCUT2D eigenvalue weighted by Gasteiger charge is -2.46. The van der Waals surface area contributed by atoms with Crippen LogP contribution in [0.15, 0.2) is 24.3 Å². The SMILES string of the molecule is CCCc1ccc(C2(N)CC(C)CCC2C(C)C)cc1. The largest absolute Gasteiger partial charge is 0.321 e. The molecule has 0 radical (unpaired) electrons. The first kappa shape index (κ1) is 15.6. The molecule has 0 saturated heterocycles. The summed E-state index contributed by atoms with van der Waals surface area (Å²) in [6.07, 6.45) is 6.10. The Bertz CT molecular complexity index is 420. The van der Waals surface area contributed by atoms with E-state index in [0.29, 0.717) is 11.8 Å². The first-order valence-electron chi connectivity index (χ1n) is 8.35. The third-order valence-electron chi connectivity index (χ3n) is 5.15. The quantitative estimate of drug-likeness (QED) is 0.831. The van der Waals surface area contributed by atoms with Gasteiger partial charge in [0, 0.05) is 5.54 Å². The predicted octanol–water partition coefficient (Wildman–Crippen LogP) is 4.89. The summed E-state index contributed by atoms with van der Waals surface area (Å²) in [7, 11) is 0. The normalized spacial score (nSPS) is 30.7. The van der Waals surface area contributed by atoms with E-state index in [1.54, 1.807) is 0 Å². The van der Waals surface area contributed by atoms with Crippen LogP contribution in [0.25, 0.3) is 0 Å². The van der Waals surface area contributed by atoms with Crippen LogP contribution in [0.4, 0.5) is 0 Å². The van der Waals surface area contributed by atoms with Gasteiger partial charge in [0.25, 0.3) is 0 Å². The molecule has 1 aromatic carbocycles. The highest BCUT2D eigenvalue weighted by Crippen LogP contribution is 2.45. The lowest BCUT2D eigenvalue weighted by Crippen LogP contribution is -2.50. The van der Waals surface area contributed by atoms with Crippen LogP contribution in [-0.4, -0.2) is 0 Å². The number of benzene rings is 1. The zero-order valence-corrected chi connectivity index (χ0v) is 13.7. The predicted molar refractivity (Wildman–Crippen MR) is 87.6 cm³/mol. The fourth-order valence-corrected chi connectivity index (χ4v) is 4.08. The van der Waals surface area contributed by atoms with Crippen molar-refractivity contribution in [2.24, 2.45) is 23.5 Å². The Kier molecular flexibility index (Phi) is 4.90. The molecule has 112 valence electrons. The summed E-state index contributed by atoms with van der Waals surface area (Å²) in [6.45, 7) is 9.24. The molecule has 0 heterocycles. The highest BCUT2D eigenvalue weighted by molar-refractivity contribution is 5.30. The zero-order valence-electron chi connectivity index (χ0n) is 13.7. The van der Waals surface area contributed by atoms with Crippen molar-refractivity contribution in [3.8, 4) is 0 Å². The van der Waals surface area contributed by atoms with Crippen LogP contribution in [0.1, 0.15) is 64.5 Å². The van der Waals surface area contributed by atoms with Crippen LogP contribution in [-0.2, 0) is 12.0 Å². The standard InChI is InChI=1S/C19H31N/c1-5-6-16-8-10-17(11-9-16)19(20)13-15(4)7-12-18(19)14(2)3/h8-11,14-15,18H,5-7,12-13,20H2,1-4H3. The van der Waals surface area contributed by atoms with E-state index in [0.717, 1.165) is 12.3 Å². The van der Waals surface area contributed by atoms with Gasteiger partial charge in [-0.05, 0) is 48.1 Å². The second-order valence-corrected chi connectivity index (χ2v) is 7.22. The third-order valence-corrected chi connectivity index (χ3v) is 5.15. The van der Waals surface area contributed by atoms with Gasteiger partial charge < -0.3 is 5.73 Å². The van der Waals surface area contributed by atoms with E-state index >= 15 is 0 Å². The maximum absolute atomic E-state index is 6.94. The second-order valence-electron chi connectivity index (χ2n) is 7.22. The Morgan fingerprint density at radius 1 is 1.20 bits per heavy atom. The van der Waals surface area contributed by atoms with Gasteiger partial charge in [-0.2, -0.15) is 0 Å². The van der Waals surface area contributed by atoms with Gasteiger partial charge in [-0.15, -0.1) is 0 Å². The molecule has 1 aliphatic carbocycles.